The number of likely N-dealkylation sites (tertiary alicyclic amines) is 1. The molecule has 214 valence electrons. The summed E-state index contributed by atoms with van der Waals surface area (Å²) in [5.41, 5.74) is -0.266. The molecule has 2 N–H and O–H groups in total. The summed E-state index contributed by atoms with van der Waals surface area (Å²) in [4.78, 5) is 42.8. The number of benzene rings is 2. The van der Waals surface area contributed by atoms with Gasteiger partial charge in [-0.2, -0.15) is 18.4 Å². The fourth-order valence-corrected chi connectivity index (χ4v) is 5.51. The highest BCUT2D eigenvalue weighted by molar-refractivity contribution is 7.98. The van der Waals surface area contributed by atoms with Gasteiger partial charge in [-0.1, -0.05) is 0 Å². The summed E-state index contributed by atoms with van der Waals surface area (Å²) in [6, 6.07) is 11.0. The molecule has 3 amide bonds. The van der Waals surface area contributed by atoms with Crippen LogP contribution < -0.4 is 10.6 Å². The van der Waals surface area contributed by atoms with E-state index in [-0.39, 0.29) is 11.3 Å². The van der Waals surface area contributed by atoms with E-state index in [0.29, 0.717) is 16.4 Å². The van der Waals surface area contributed by atoms with Crippen molar-refractivity contribution in [2.24, 2.45) is 0 Å². The van der Waals surface area contributed by atoms with Gasteiger partial charge in [0, 0.05) is 27.9 Å². The van der Waals surface area contributed by atoms with E-state index in [2.05, 4.69) is 15.6 Å². The molecule has 0 bridgehead atoms. The number of carbonyl (C=O) groups excluding carboxylic acids is 3. The first-order valence-electron chi connectivity index (χ1n) is 11.9. The largest absolute Gasteiger partial charge is 0.416 e. The number of hydrogen-bond acceptors (Lipinski definition) is 7. The predicted octanol–water partition coefficient (Wildman–Crippen LogP) is 5.20. The molecule has 0 radical (unpaired) electrons. The Morgan fingerprint density at radius 2 is 1.78 bits per heavy atom. The minimum absolute atomic E-state index is 0.0586. The summed E-state index contributed by atoms with van der Waals surface area (Å²) in [6.45, 7) is -1.42. The predicted molar refractivity (Wildman–Crippen MR) is 141 cm³/mol. The van der Waals surface area contributed by atoms with Gasteiger partial charge in [0.25, 0.3) is 17.7 Å². The molecule has 1 saturated heterocycles. The van der Waals surface area contributed by atoms with Crippen LogP contribution in [0.15, 0.2) is 58.8 Å². The summed E-state index contributed by atoms with van der Waals surface area (Å²) < 4.78 is 65.2. The lowest BCUT2D eigenvalue weighted by molar-refractivity contribution is -0.137. The van der Waals surface area contributed by atoms with Gasteiger partial charge in [0.15, 0.2) is 0 Å². The number of carbonyl (C=O) groups is 3. The fraction of sp³-hybridized carbons (Fsp3) is 0.269. The molecule has 1 fully saturated rings. The highest BCUT2D eigenvalue weighted by atomic mass is 32.2. The van der Waals surface area contributed by atoms with Crippen LogP contribution in [-0.4, -0.2) is 52.7 Å². The molecule has 8 nitrogen and oxygen atoms in total. The zero-order valence-electron chi connectivity index (χ0n) is 20.9. The van der Waals surface area contributed by atoms with Crippen molar-refractivity contribution in [3.8, 4) is 6.07 Å². The molecule has 41 heavy (non-hydrogen) atoms. The standard InChI is InChI=1S/C26H20F5N5O3S2/c27-25(28)9-18(10-32)36(14-25)22(37)11-33-24(39)20-12-41-21(35-20)13-40-19-7-5-17(6-8-19)34-23(38)15-1-3-16(4-2-15)26(29,30)31/h1-8,12,18H,9,11,13-14H2,(H,33,39)(H,34,38)/t18-/m0/s1. The molecule has 15 heteroatoms. The smallest absolute Gasteiger partial charge is 0.342 e. The highest BCUT2D eigenvalue weighted by Gasteiger charge is 2.47. The third-order valence-corrected chi connectivity index (χ3v) is 7.93. The van der Waals surface area contributed by atoms with Gasteiger partial charge in [-0.15, -0.1) is 23.1 Å². The van der Waals surface area contributed by atoms with Gasteiger partial charge in [0.2, 0.25) is 5.91 Å². The van der Waals surface area contributed by atoms with Gasteiger partial charge >= 0.3 is 6.18 Å². The molecule has 2 heterocycles. The van der Waals surface area contributed by atoms with E-state index in [1.54, 1.807) is 30.3 Å². The third-order valence-electron chi connectivity index (χ3n) is 5.87. The number of amides is 3. The van der Waals surface area contributed by atoms with Gasteiger partial charge in [0.1, 0.15) is 16.7 Å². The number of thiazole rings is 1. The first kappa shape index (κ1) is 29.9. The van der Waals surface area contributed by atoms with Gasteiger partial charge < -0.3 is 15.5 Å². The number of halogens is 5. The second kappa shape index (κ2) is 12.2. The second-order valence-electron chi connectivity index (χ2n) is 8.88. The number of hydrogen-bond donors (Lipinski definition) is 2. The Hall–Kier alpha value is -4.03. The minimum atomic E-state index is -4.49. The van der Waals surface area contributed by atoms with Gasteiger partial charge in [-0.25, -0.2) is 13.8 Å². The molecule has 2 aromatic carbocycles. The fourth-order valence-electron chi connectivity index (χ4n) is 3.82. The van der Waals surface area contributed by atoms with Crippen molar-refractivity contribution < 1.29 is 36.3 Å². The lowest BCUT2D eigenvalue weighted by Crippen LogP contribution is -2.43. The second-order valence-corrected chi connectivity index (χ2v) is 10.9. The zero-order valence-corrected chi connectivity index (χ0v) is 22.5. The topological polar surface area (TPSA) is 115 Å². The summed E-state index contributed by atoms with van der Waals surface area (Å²) >= 11 is 2.61. The van der Waals surface area contributed by atoms with Gasteiger partial charge in [-0.05, 0) is 48.5 Å². The van der Waals surface area contributed by atoms with Crippen molar-refractivity contribution in [2.75, 3.05) is 18.4 Å². The molecule has 0 saturated carbocycles. The number of nitrogens with one attached hydrogen (secondary N) is 2. The molecule has 0 unspecified atom stereocenters. The van der Waals surface area contributed by atoms with Crippen LogP contribution in [0.2, 0.25) is 0 Å². The van der Waals surface area contributed by atoms with Crippen molar-refractivity contribution in [1.29, 1.82) is 5.26 Å². The maximum absolute atomic E-state index is 13.5. The Morgan fingerprint density at radius 1 is 1.10 bits per heavy atom. The van der Waals surface area contributed by atoms with E-state index >= 15 is 0 Å². The van der Waals surface area contributed by atoms with Crippen LogP contribution in [0.3, 0.4) is 0 Å². The van der Waals surface area contributed by atoms with Crippen molar-refractivity contribution in [1.82, 2.24) is 15.2 Å². The molecular formula is C26H20F5N5O3S2. The molecule has 4 rings (SSSR count). The summed E-state index contributed by atoms with van der Waals surface area (Å²) in [5, 5.41) is 16.1. The summed E-state index contributed by atoms with van der Waals surface area (Å²) in [7, 11) is 0. The molecular weight excluding hydrogens is 589 g/mol. The van der Waals surface area contributed by atoms with E-state index in [1.807, 2.05) is 0 Å². The lowest BCUT2D eigenvalue weighted by atomic mass is 10.1. The maximum Gasteiger partial charge on any atom is 0.416 e. The monoisotopic (exact) mass is 609 g/mol. The highest BCUT2D eigenvalue weighted by Crippen LogP contribution is 2.32. The molecule has 1 aliphatic rings. The molecule has 1 aromatic heterocycles. The number of alkyl halides is 5. The third kappa shape index (κ3) is 7.80. The first-order valence-corrected chi connectivity index (χ1v) is 13.7. The van der Waals surface area contributed by atoms with E-state index in [1.165, 1.54) is 28.5 Å². The van der Waals surface area contributed by atoms with Crippen LogP contribution in [0.4, 0.5) is 27.6 Å². The van der Waals surface area contributed by atoms with Crippen molar-refractivity contribution in [2.45, 2.75) is 35.2 Å². The van der Waals surface area contributed by atoms with Gasteiger partial charge in [0.05, 0.1) is 30.5 Å². The van der Waals surface area contributed by atoms with Crippen molar-refractivity contribution in [3.05, 3.63) is 75.7 Å². The maximum atomic E-state index is 13.5. The first-order chi connectivity index (χ1) is 19.3. The van der Waals surface area contributed by atoms with Crippen molar-refractivity contribution >= 4 is 46.5 Å². The van der Waals surface area contributed by atoms with Crippen LogP contribution in [0.5, 0.6) is 0 Å². The number of nitriles is 1. The Balaban J connectivity index is 1.24. The molecule has 0 spiro atoms. The van der Waals surface area contributed by atoms with Crippen LogP contribution in [-0.2, 0) is 16.7 Å². The lowest BCUT2D eigenvalue weighted by Gasteiger charge is -2.19. The molecule has 1 aliphatic heterocycles. The minimum Gasteiger partial charge on any atom is -0.342 e. The van der Waals surface area contributed by atoms with E-state index in [9.17, 15) is 36.3 Å². The Kier molecular flexibility index (Phi) is 8.93. The van der Waals surface area contributed by atoms with E-state index in [0.717, 1.165) is 34.1 Å². The Labute approximate surface area is 238 Å². The number of nitrogens with zero attached hydrogens (tertiary/aromatic N) is 3. The number of aromatic nitrogens is 1. The van der Waals surface area contributed by atoms with Gasteiger partial charge in [-0.3, -0.25) is 14.4 Å². The Bertz CT molecular complexity index is 1470. The summed E-state index contributed by atoms with van der Waals surface area (Å²) in [5.74, 6) is -4.74. The van der Waals surface area contributed by atoms with E-state index < -0.39 is 60.9 Å². The van der Waals surface area contributed by atoms with Crippen LogP contribution in [0, 0.1) is 11.3 Å². The van der Waals surface area contributed by atoms with Crippen molar-refractivity contribution in [3.63, 3.8) is 0 Å². The summed E-state index contributed by atoms with van der Waals surface area (Å²) in [6.07, 6.45) is -5.23. The molecule has 1 atom stereocenters. The molecule has 0 aliphatic carbocycles. The number of anilines is 1. The quantitative estimate of drug-likeness (QED) is 0.268. The SMILES string of the molecule is N#C[C@@H]1CC(F)(F)CN1C(=O)CNC(=O)c1csc(CSc2ccc(NC(=O)c3ccc(C(F)(F)F)cc3)cc2)n1. The number of thioether (sulfide) groups is 1. The Morgan fingerprint density at radius 3 is 2.41 bits per heavy atom. The van der Waals surface area contributed by atoms with Crippen LogP contribution in [0.1, 0.15) is 37.8 Å². The molecule has 3 aromatic rings. The number of rotatable bonds is 8. The average molecular weight is 610 g/mol. The van der Waals surface area contributed by atoms with Crippen LogP contribution in [0.25, 0.3) is 0 Å². The normalized spacial score (nSPS) is 16.2. The average Bonchev–Trinajstić information content (AvgIpc) is 3.54. The van der Waals surface area contributed by atoms with E-state index in [4.69, 9.17) is 5.26 Å². The van der Waals surface area contributed by atoms with Crippen LogP contribution >= 0.6 is 23.1 Å². The zero-order chi connectivity index (χ0) is 29.8.